The van der Waals surface area contributed by atoms with Crippen LogP contribution in [0.5, 0.6) is 11.5 Å². The summed E-state index contributed by atoms with van der Waals surface area (Å²) in [5.41, 5.74) is 2.99. The van der Waals surface area contributed by atoms with Crippen LogP contribution >= 0.6 is 11.6 Å². The van der Waals surface area contributed by atoms with Crippen LogP contribution in [0.3, 0.4) is 0 Å². The van der Waals surface area contributed by atoms with Gasteiger partial charge in [0.05, 0.1) is 6.61 Å². The van der Waals surface area contributed by atoms with E-state index in [1.165, 1.54) is 6.92 Å². The number of nitrogens with zero attached hydrogens (tertiary/aromatic N) is 1. The molecule has 1 heterocycles. The Morgan fingerprint density at radius 1 is 1.06 bits per heavy atom. The Morgan fingerprint density at radius 2 is 1.83 bits per heavy atom. The number of halogens is 1. The van der Waals surface area contributed by atoms with Crippen molar-refractivity contribution < 1.29 is 23.8 Å². The summed E-state index contributed by atoms with van der Waals surface area (Å²) >= 11 is 6.22. The first-order chi connectivity index (χ1) is 16.9. The van der Waals surface area contributed by atoms with Crippen LogP contribution in [0.15, 0.2) is 77.4 Å². The molecule has 0 bridgehead atoms. The zero-order valence-corrected chi connectivity index (χ0v) is 20.0. The van der Waals surface area contributed by atoms with Crippen molar-refractivity contribution in [1.29, 1.82) is 0 Å². The molecule has 8 heteroatoms. The predicted molar refractivity (Wildman–Crippen MR) is 135 cm³/mol. The van der Waals surface area contributed by atoms with Crippen molar-refractivity contribution in [3.8, 4) is 11.5 Å². The van der Waals surface area contributed by atoms with Crippen LogP contribution in [0.4, 0.5) is 5.69 Å². The third-order valence-corrected chi connectivity index (χ3v) is 5.35. The second-order valence-electron chi connectivity index (χ2n) is 7.61. The third-order valence-electron chi connectivity index (χ3n) is 4.98. The van der Waals surface area contributed by atoms with Gasteiger partial charge < -0.3 is 19.5 Å². The normalized spacial score (nSPS) is 13.9. The van der Waals surface area contributed by atoms with E-state index >= 15 is 0 Å². The number of benzene rings is 3. The number of ether oxygens (including phenoxy) is 3. The van der Waals surface area contributed by atoms with E-state index in [0.29, 0.717) is 46.5 Å². The molecule has 0 saturated heterocycles. The molecule has 35 heavy (non-hydrogen) atoms. The Hall–Kier alpha value is -4.10. The molecule has 4 rings (SSSR count). The average Bonchev–Trinajstić information content (AvgIpc) is 3.20. The van der Waals surface area contributed by atoms with Gasteiger partial charge in [-0.25, -0.2) is 9.79 Å². The summed E-state index contributed by atoms with van der Waals surface area (Å²) in [6, 6.07) is 19.7. The van der Waals surface area contributed by atoms with Gasteiger partial charge in [0.2, 0.25) is 11.8 Å². The first-order valence-electron chi connectivity index (χ1n) is 11.0. The van der Waals surface area contributed by atoms with Gasteiger partial charge in [0.25, 0.3) is 0 Å². The number of hydrogen-bond donors (Lipinski definition) is 1. The summed E-state index contributed by atoms with van der Waals surface area (Å²) in [6.07, 6.45) is 1.63. The fraction of sp³-hybridized carbons (Fsp3) is 0.148. The Morgan fingerprint density at radius 3 is 2.54 bits per heavy atom. The summed E-state index contributed by atoms with van der Waals surface area (Å²) < 4.78 is 17.0. The van der Waals surface area contributed by atoms with Crippen molar-refractivity contribution in [2.45, 2.75) is 20.5 Å². The van der Waals surface area contributed by atoms with E-state index in [-0.39, 0.29) is 17.5 Å². The van der Waals surface area contributed by atoms with Gasteiger partial charge in [0.15, 0.2) is 17.2 Å². The summed E-state index contributed by atoms with van der Waals surface area (Å²) in [5.74, 6) is 0.576. The lowest BCUT2D eigenvalue weighted by atomic mass is 10.1. The Balaban J connectivity index is 1.53. The molecule has 0 aliphatic carbocycles. The number of rotatable bonds is 8. The fourth-order valence-electron chi connectivity index (χ4n) is 3.36. The zero-order valence-electron chi connectivity index (χ0n) is 19.2. The van der Waals surface area contributed by atoms with Crippen LogP contribution in [-0.2, 0) is 20.9 Å². The molecule has 7 nitrogen and oxygen atoms in total. The Bertz CT molecular complexity index is 1320. The number of anilines is 1. The molecule has 3 aromatic rings. The maximum atomic E-state index is 12.4. The Labute approximate surface area is 208 Å². The quantitative estimate of drug-likeness (QED) is 0.327. The summed E-state index contributed by atoms with van der Waals surface area (Å²) in [7, 11) is 0. The average molecular weight is 491 g/mol. The zero-order chi connectivity index (χ0) is 24.8. The highest BCUT2D eigenvalue weighted by atomic mass is 35.5. The van der Waals surface area contributed by atoms with Gasteiger partial charge in [-0.1, -0.05) is 35.9 Å². The van der Waals surface area contributed by atoms with E-state index in [4.69, 9.17) is 25.8 Å². The van der Waals surface area contributed by atoms with Crippen molar-refractivity contribution in [3.05, 3.63) is 94.1 Å². The lowest BCUT2D eigenvalue weighted by molar-refractivity contribution is -0.129. The van der Waals surface area contributed by atoms with Crippen molar-refractivity contribution >= 4 is 41.1 Å². The van der Waals surface area contributed by atoms with Crippen LogP contribution in [0.25, 0.3) is 6.08 Å². The van der Waals surface area contributed by atoms with Gasteiger partial charge in [0.1, 0.15) is 6.61 Å². The van der Waals surface area contributed by atoms with E-state index < -0.39 is 5.97 Å². The van der Waals surface area contributed by atoms with E-state index in [9.17, 15) is 9.59 Å². The second kappa shape index (κ2) is 10.9. The van der Waals surface area contributed by atoms with Gasteiger partial charge in [-0.05, 0) is 61.0 Å². The topological polar surface area (TPSA) is 86.2 Å². The highest BCUT2D eigenvalue weighted by Gasteiger charge is 2.24. The van der Waals surface area contributed by atoms with E-state index in [0.717, 1.165) is 5.56 Å². The summed E-state index contributed by atoms with van der Waals surface area (Å²) in [5, 5.41) is 3.32. The Kier molecular flexibility index (Phi) is 7.48. The molecule has 1 N–H and O–H groups in total. The van der Waals surface area contributed by atoms with Gasteiger partial charge in [-0.2, -0.15) is 0 Å². The number of nitrogens with one attached hydrogen (secondary N) is 1. The molecular weight excluding hydrogens is 468 g/mol. The fourth-order valence-corrected chi connectivity index (χ4v) is 3.55. The first-order valence-corrected chi connectivity index (χ1v) is 11.3. The number of aliphatic imine (C=N–C) groups is 1. The molecule has 0 radical (unpaired) electrons. The summed E-state index contributed by atoms with van der Waals surface area (Å²) in [6.45, 7) is 4.05. The van der Waals surface area contributed by atoms with Crippen molar-refractivity contribution in [1.82, 2.24) is 0 Å². The smallest absolute Gasteiger partial charge is 0.363 e. The maximum Gasteiger partial charge on any atom is 0.363 e. The SMILES string of the molecule is CCOc1cc(/C=C2\N=C(c3ccc(NC(C)=O)cc3)OC2=O)ccc1OCc1ccccc1Cl. The standard InChI is InChI=1S/C27H23ClN2O5/c1-3-33-25-15-18(8-13-24(25)34-16-20-6-4-5-7-22(20)28)14-23-27(32)35-26(30-23)19-9-11-21(12-10-19)29-17(2)31/h4-15H,3,16H2,1-2H3,(H,29,31)/b23-14-. The van der Waals surface area contributed by atoms with Gasteiger partial charge in [-0.15, -0.1) is 0 Å². The van der Waals surface area contributed by atoms with E-state index in [1.807, 2.05) is 31.2 Å². The monoisotopic (exact) mass is 490 g/mol. The van der Waals surface area contributed by atoms with Crippen molar-refractivity contribution in [2.75, 3.05) is 11.9 Å². The van der Waals surface area contributed by atoms with Gasteiger partial charge in [0, 0.05) is 28.8 Å². The molecule has 1 amide bonds. The van der Waals surface area contributed by atoms with Gasteiger partial charge in [-0.3, -0.25) is 4.79 Å². The number of carbonyl (C=O) groups is 2. The van der Waals surface area contributed by atoms with Crippen molar-refractivity contribution in [2.24, 2.45) is 4.99 Å². The van der Waals surface area contributed by atoms with Gasteiger partial charge >= 0.3 is 5.97 Å². The lowest BCUT2D eigenvalue weighted by Gasteiger charge is -2.13. The van der Waals surface area contributed by atoms with Crippen LogP contribution < -0.4 is 14.8 Å². The van der Waals surface area contributed by atoms with Crippen LogP contribution in [0.1, 0.15) is 30.5 Å². The molecule has 0 fully saturated rings. The predicted octanol–water partition coefficient (Wildman–Crippen LogP) is 5.62. The largest absolute Gasteiger partial charge is 0.490 e. The number of carbonyl (C=O) groups excluding carboxylic acids is 2. The molecule has 0 unspecified atom stereocenters. The molecule has 0 atom stereocenters. The van der Waals surface area contributed by atoms with E-state index in [2.05, 4.69) is 10.3 Å². The molecule has 1 aliphatic rings. The molecule has 0 spiro atoms. The summed E-state index contributed by atoms with van der Waals surface area (Å²) in [4.78, 5) is 27.9. The highest BCUT2D eigenvalue weighted by Crippen LogP contribution is 2.31. The van der Waals surface area contributed by atoms with Crippen molar-refractivity contribution in [3.63, 3.8) is 0 Å². The maximum absolute atomic E-state index is 12.4. The number of esters is 1. The van der Waals surface area contributed by atoms with Crippen LogP contribution in [0, 0.1) is 0 Å². The first kappa shape index (κ1) is 24.0. The molecule has 178 valence electrons. The molecule has 0 aromatic heterocycles. The highest BCUT2D eigenvalue weighted by molar-refractivity contribution is 6.31. The lowest BCUT2D eigenvalue weighted by Crippen LogP contribution is -2.07. The molecular formula is C27H23ClN2O5. The minimum absolute atomic E-state index is 0.165. The number of cyclic esters (lactones) is 1. The van der Waals surface area contributed by atoms with Crippen LogP contribution in [-0.4, -0.2) is 24.4 Å². The second-order valence-corrected chi connectivity index (χ2v) is 8.02. The molecule has 0 saturated carbocycles. The number of amides is 1. The minimum atomic E-state index is -0.553. The van der Waals surface area contributed by atoms with E-state index in [1.54, 1.807) is 48.5 Å². The minimum Gasteiger partial charge on any atom is -0.490 e. The number of hydrogen-bond acceptors (Lipinski definition) is 6. The molecule has 1 aliphatic heterocycles. The molecule has 3 aromatic carbocycles. The van der Waals surface area contributed by atoms with Crippen LogP contribution in [0.2, 0.25) is 5.02 Å². The third kappa shape index (κ3) is 6.07.